The molecule has 3 unspecified atom stereocenters. The average molecular weight is 485 g/mol. The lowest BCUT2D eigenvalue weighted by Gasteiger charge is -2.47. The standard InChI is InChI=1S/C13H23NO3.C10H17NO3.C2H4.CH4/c1-5-11(10(2)15)12(3)8-6-7-9-13(12,4)14(16)17;1-2-8(7-12)9-5-3-4-6-10(9)11(13)14;1-2;/h11H,5-9H2,1-4H3;7-10H,2-6H2,1H3;1-2H2;1H4/t;8-,9+,10-;;/m.1../s1. The largest absolute Gasteiger partial charge is 0.303 e. The van der Waals surface area contributed by atoms with E-state index in [0.29, 0.717) is 19.3 Å². The van der Waals surface area contributed by atoms with Crippen molar-refractivity contribution in [3.05, 3.63) is 33.4 Å². The fraction of sp³-hybridized carbons (Fsp3) is 0.846. The molecule has 8 nitrogen and oxygen atoms in total. The fourth-order valence-electron chi connectivity index (χ4n) is 5.95. The highest BCUT2D eigenvalue weighted by atomic mass is 16.6. The van der Waals surface area contributed by atoms with E-state index in [1.165, 1.54) is 0 Å². The van der Waals surface area contributed by atoms with Crippen molar-refractivity contribution in [2.45, 2.75) is 118 Å². The summed E-state index contributed by atoms with van der Waals surface area (Å²) in [6.07, 6.45) is 8.98. The Morgan fingerprint density at radius 3 is 1.97 bits per heavy atom. The molecule has 34 heavy (non-hydrogen) atoms. The molecule has 0 radical (unpaired) electrons. The number of ketones is 1. The molecular weight excluding hydrogens is 436 g/mol. The van der Waals surface area contributed by atoms with Gasteiger partial charge in [0, 0.05) is 52.8 Å². The van der Waals surface area contributed by atoms with E-state index in [0.717, 1.165) is 51.2 Å². The molecule has 2 rings (SSSR count). The maximum atomic E-state index is 11.8. The molecule has 0 bridgehead atoms. The van der Waals surface area contributed by atoms with Crippen molar-refractivity contribution in [3.63, 3.8) is 0 Å². The van der Waals surface area contributed by atoms with E-state index < -0.39 is 17.0 Å². The maximum absolute atomic E-state index is 11.8. The van der Waals surface area contributed by atoms with E-state index in [9.17, 15) is 29.8 Å². The van der Waals surface area contributed by atoms with Crippen molar-refractivity contribution in [2.24, 2.45) is 23.2 Å². The zero-order chi connectivity index (χ0) is 25.8. The zero-order valence-corrected chi connectivity index (χ0v) is 21.2. The molecule has 2 fully saturated rings. The van der Waals surface area contributed by atoms with Crippen LogP contribution in [0.5, 0.6) is 0 Å². The lowest BCUT2D eigenvalue weighted by molar-refractivity contribution is -0.593. The lowest BCUT2D eigenvalue weighted by atomic mass is 9.56. The lowest BCUT2D eigenvalue weighted by Crippen LogP contribution is -2.57. The van der Waals surface area contributed by atoms with Crippen LogP contribution in [0.2, 0.25) is 0 Å². The van der Waals surface area contributed by atoms with Gasteiger partial charge in [-0.05, 0) is 45.4 Å². The Kier molecular flexibility index (Phi) is 15.7. The third-order valence-corrected chi connectivity index (χ3v) is 8.16. The molecule has 2 aliphatic rings. The van der Waals surface area contributed by atoms with E-state index in [1.54, 1.807) is 13.8 Å². The Morgan fingerprint density at radius 1 is 1.03 bits per heavy atom. The molecular formula is C26H48N2O6. The van der Waals surface area contributed by atoms with Crippen LogP contribution in [0.1, 0.15) is 106 Å². The summed E-state index contributed by atoms with van der Waals surface area (Å²) in [7, 11) is 0. The Morgan fingerprint density at radius 2 is 1.56 bits per heavy atom. The van der Waals surface area contributed by atoms with Crippen LogP contribution in [0.3, 0.4) is 0 Å². The number of nitrogens with zero attached hydrogens (tertiary/aromatic N) is 2. The molecule has 0 aromatic rings. The van der Waals surface area contributed by atoms with Crippen LogP contribution >= 0.6 is 0 Å². The van der Waals surface area contributed by atoms with Gasteiger partial charge in [-0.3, -0.25) is 25.0 Å². The van der Waals surface area contributed by atoms with Gasteiger partial charge < -0.3 is 4.79 Å². The van der Waals surface area contributed by atoms with E-state index in [-0.39, 0.29) is 40.8 Å². The van der Waals surface area contributed by atoms with Gasteiger partial charge in [0.05, 0.1) is 0 Å². The predicted octanol–water partition coefficient (Wildman–Crippen LogP) is 6.70. The van der Waals surface area contributed by atoms with Gasteiger partial charge in [0.1, 0.15) is 12.1 Å². The Bertz CT molecular complexity index is 670. The number of aldehydes is 1. The third-order valence-electron chi connectivity index (χ3n) is 8.16. The number of carbonyl (C=O) groups excluding carboxylic acids is 2. The van der Waals surface area contributed by atoms with Gasteiger partial charge in [0.2, 0.25) is 11.6 Å². The highest BCUT2D eigenvalue weighted by Crippen LogP contribution is 2.52. The monoisotopic (exact) mass is 484 g/mol. The molecule has 0 aromatic heterocycles. The first-order valence-electron chi connectivity index (χ1n) is 12.2. The van der Waals surface area contributed by atoms with E-state index >= 15 is 0 Å². The van der Waals surface area contributed by atoms with Crippen LogP contribution < -0.4 is 0 Å². The molecule has 2 saturated carbocycles. The maximum Gasteiger partial charge on any atom is 0.225 e. The van der Waals surface area contributed by atoms with Gasteiger partial charge in [0.15, 0.2) is 0 Å². The first-order valence-corrected chi connectivity index (χ1v) is 12.2. The van der Waals surface area contributed by atoms with Crippen LogP contribution in [0, 0.1) is 43.4 Å². The highest BCUT2D eigenvalue weighted by Gasteiger charge is 2.59. The molecule has 198 valence electrons. The summed E-state index contributed by atoms with van der Waals surface area (Å²) >= 11 is 0. The van der Waals surface area contributed by atoms with E-state index in [1.807, 2.05) is 20.8 Å². The van der Waals surface area contributed by atoms with Gasteiger partial charge in [-0.15, -0.1) is 13.2 Å². The number of hydrogen-bond acceptors (Lipinski definition) is 6. The number of hydrogen-bond donors (Lipinski definition) is 0. The number of rotatable bonds is 8. The molecule has 2 aliphatic carbocycles. The van der Waals surface area contributed by atoms with Crippen molar-refractivity contribution in [2.75, 3.05) is 0 Å². The van der Waals surface area contributed by atoms with Gasteiger partial charge in [-0.25, -0.2) is 0 Å². The van der Waals surface area contributed by atoms with Crippen molar-refractivity contribution < 1.29 is 19.4 Å². The SMILES string of the molecule is C.C=C.CCC(C(C)=O)C1(C)CCCCC1(C)[N+](=O)[O-].CC[C@H](C=O)[C@@H]1CCCC[C@H]1[N+](=O)[O-]. The van der Waals surface area contributed by atoms with Crippen LogP contribution in [0.15, 0.2) is 13.2 Å². The first kappa shape index (κ1) is 34.0. The summed E-state index contributed by atoms with van der Waals surface area (Å²) < 4.78 is 0. The average Bonchev–Trinajstić information content (AvgIpc) is 2.79. The molecule has 0 saturated heterocycles. The van der Waals surface area contributed by atoms with Crippen molar-refractivity contribution in [1.29, 1.82) is 0 Å². The summed E-state index contributed by atoms with van der Waals surface area (Å²) in [5, 5.41) is 22.2. The van der Waals surface area contributed by atoms with Gasteiger partial charge in [0.25, 0.3) is 0 Å². The topological polar surface area (TPSA) is 120 Å². The second kappa shape index (κ2) is 15.7. The van der Waals surface area contributed by atoms with Crippen LogP contribution in [0.4, 0.5) is 0 Å². The quantitative estimate of drug-likeness (QED) is 0.163. The highest BCUT2D eigenvalue weighted by molar-refractivity contribution is 5.79. The van der Waals surface area contributed by atoms with Crippen molar-refractivity contribution in [3.8, 4) is 0 Å². The summed E-state index contributed by atoms with van der Waals surface area (Å²) in [5.41, 5.74) is -1.47. The number of nitro groups is 2. The summed E-state index contributed by atoms with van der Waals surface area (Å²) in [5.74, 6) is -0.255. The van der Waals surface area contributed by atoms with Crippen LogP contribution in [-0.2, 0) is 9.59 Å². The molecule has 0 aromatic carbocycles. The number of Topliss-reactive ketones (excluding diaryl/α,β-unsaturated/α-hetero) is 1. The molecule has 8 heteroatoms. The molecule has 0 heterocycles. The molecule has 0 spiro atoms. The predicted molar refractivity (Wildman–Crippen MR) is 137 cm³/mol. The van der Waals surface area contributed by atoms with Crippen molar-refractivity contribution in [1.82, 2.24) is 0 Å². The zero-order valence-electron chi connectivity index (χ0n) is 21.2. The summed E-state index contributed by atoms with van der Waals surface area (Å²) in [6, 6.07) is -0.487. The van der Waals surface area contributed by atoms with Crippen molar-refractivity contribution >= 4 is 12.1 Å². The molecule has 0 amide bonds. The van der Waals surface area contributed by atoms with Gasteiger partial charge in [-0.1, -0.05) is 41.0 Å². The van der Waals surface area contributed by atoms with Crippen LogP contribution in [0.25, 0.3) is 0 Å². The second-order valence-electron chi connectivity index (χ2n) is 9.74. The normalized spacial score (nSPS) is 29.9. The Labute approximate surface area is 206 Å². The minimum atomic E-state index is -0.961. The summed E-state index contributed by atoms with van der Waals surface area (Å²) in [4.78, 5) is 44.4. The summed E-state index contributed by atoms with van der Waals surface area (Å²) in [6.45, 7) is 15.1. The minimum Gasteiger partial charge on any atom is -0.303 e. The first-order chi connectivity index (χ1) is 15.5. The smallest absolute Gasteiger partial charge is 0.225 e. The Balaban J connectivity index is 0. The van der Waals surface area contributed by atoms with Crippen LogP contribution in [-0.4, -0.2) is 33.5 Å². The molecule has 0 N–H and O–H groups in total. The molecule has 0 aliphatic heterocycles. The van der Waals surface area contributed by atoms with Gasteiger partial charge in [-0.2, -0.15) is 0 Å². The Hall–Kier alpha value is -2.12. The van der Waals surface area contributed by atoms with E-state index in [4.69, 9.17) is 0 Å². The second-order valence-corrected chi connectivity index (χ2v) is 9.74. The molecule has 6 atom stereocenters. The third kappa shape index (κ3) is 7.70. The fourth-order valence-corrected chi connectivity index (χ4v) is 5.95. The number of carbonyl (C=O) groups is 2. The van der Waals surface area contributed by atoms with E-state index in [2.05, 4.69) is 13.2 Å². The minimum absolute atomic E-state index is 0. The van der Waals surface area contributed by atoms with Gasteiger partial charge >= 0.3 is 0 Å².